The molecular weight excluding hydrogens is 204 g/mol. The van der Waals surface area contributed by atoms with E-state index in [0.29, 0.717) is 6.61 Å². The molecule has 0 saturated carbocycles. The van der Waals surface area contributed by atoms with Crippen molar-refractivity contribution in [3.8, 4) is 5.75 Å². The highest BCUT2D eigenvalue weighted by Gasteiger charge is 2.17. The number of para-hydroxylation sites is 1. The lowest BCUT2D eigenvalue weighted by Crippen LogP contribution is -2.26. The smallest absolute Gasteiger partial charge is 0.347 e. The standard InChI is InChI=1S/C13H18O3/c1-5-15-13(14)11(4)16-12-9(2)7-6-8-10(12)3/h6-8,11H,5H2,1-4H3/t11-/m0/s1. The molecular formula is C13H18O3. The number of carbonyl (C=O) groups is 1. The molecule has 0 fully saturated rings. The van der Waals surface area contributed by atoms with Gasteiger partial charge >= 0.3 is 5.97 Å². The fourth-order valence-electron chi connectivity index (χ4n) is 1.47. The largest absolute Gasteiger partial charge is 0.478 e. The summed E-state index contributed by atoms with van der Waals surface area (Å²) in [5.74, 6) is 0.438. The topological polar surface area (TPSA) is 35.5 Å². The van der Waals surface area contributed by atoms with Crippen molar-refractivity contribution in [3.63, 3.8) is 0 Å². The minimum atomic E-state index is -0.570. The van der Waals surface area contributed by atoms with Crippen LogP contribution in [0, 0.1) is 13.8 Å². The first-order valence-electron chi connectivity index (χ1n) is 5.45. The van der Waals surface area contributed by atoms with Crippen LogP contribution < -0.4 is 4.74 Å². The first kappa shape index (κ1) is 12.6. The molecule has 0 aliphatic heterocycles. The van der Waals surface area contributed by atoms with Gasteiger partial charge in [0.15, 0.2) is 6.10 Å². The zero-order chi connectivity index (χ0) is 12.1. The van der Waals surface area contributed by atoms with Crippen molar-refractivity contribution in [2.75, 3.05) is 6.61 Å². The van der Waals surface area contributed by atoms with Crippen molar-refractivity contribution in [1.29, 1.82) is 0 Å². The van der Waals surface area contributed by atoms with Gasteiger partial charge in [-0.05, 0) is 38.8 Å². The van der Waals surface area contributed by atoms with Crippen molar-refractivity contribution < 1.29 is 14.3 Å². The molecule has 3 nitrogen and oxygen atoms in total. The number of benzene rings is 1. The van der Waals surface area contributed by atoms with E-state index < -0.39 is 6.10 Å². The highest BCUT2D eigenvalue weighted by atomic mass is 16.6. The van der Waals surface area contributed by atoms with Gasteiger partial charge in [0.2, 0.25) is 0 Å². The molecule has 0 aliphatic rings. The second-order valence-corrected chi connectivity index (χ2v) is 3.73. The van der Waals surface area contributed by atoms with Gasteiger partial charge in [-0.25, -0.2) is 4.79 Å². The molecule has 0 N–H and O–H groups in total. The number of hydrogen-bond donors (Lipinski definition) is 0. The molecule has 0 spiro atoms. The lowest BCUT2D eigenvalue weighted by atomic mass is 10.1. The number of ether oxygens (including phenoxy) is 2. The van der Waals surface area contributed by atoms with Crippen LogP contribution in [0.25, 0.3) is 0 Å². The number of rotatable bonds is 4. The van der Waals surface area contributed by atoms with Gasteiger partial charge in [-0.15, -0.1) is 0 Å². The molecule has 16 heavy (non-hydrogen) atoms. The predicted octanol–water partition coefficient (Wildman–Crippen LogP) is 2.63. The van der Waals surface area contributed by atoms with E-state index in [1.807, 2.05) is 32.0 Å². The average molecular weight is 222 g/mol. The average Bonchev–Trinajstić information content (AvgIpc) is 2.23. The van der Waals surface area contributed by atoms with E-state index in [4.69, 9.17) is 9.47 Å². The summed E-state index contributed by atoms with van der Waals surface area (Å²) in [6.45, 7) is 7.77. The highest BCUT2D eigenvalue weighted by Crippen LogP contribution is 2.23. The summed E-state index contributed by atoms with van der Waals surface area (Å²) in [6.07, 6.45) is -0.570. The third-order valence-corrected chi connectivity index (χ3v) is 2.32. The summed E-state index contributed by atoms with van der Waals surface area (Å²) < 4.78 is 10.5. The SMILES string of the molecule is CCOC(=O)[C@H](C)Oc1c(C)cccc1C. The molecule has 0 heterocycles. The minimum Gasteiger partial charge on any atom is -0.478 e. The van der Waals surface area contributed by atoms with Crippen LogP contribution in [0.2, 0.25) is 0 Å². The second-order valence-electron chi connectivity index (χ2n) is 3.73. The molecule has 88 valence electrons. The zero-order valence-electron chi connectivity index (χ0n) is 10.2. The van der Waals surface area contributed by atoms with Gasteiger partial charge in [0.25, 0.3) is 0 Å². The summed E-state index contributed by atoms with van der Waals surface area (Å²) in [5, 5.41) is 0. The molecule has 1 rings (SSSR count). The molecule has 0 aliphatic carbocycles. The number of carbonyl (C=O) groups excluding carboxylic acids is 1. The Morgan fingerprint density at radius 1 is 1.31 bits per heavy atom. The van der Waals surface area contributed by atoms with Crippen molar-refractivity contribution in [3.05, 3.63) is 29.3 Å². The maximum Gasteiger partial charge on any atom is 0.347 e. The van der Waals surface area contributed by atoms with Gasteiger partial charge in [0.1, 0.15) is 5.75 Å². The van der Waals surface area contributed by atoms with Crippen LogP contribution in [0.4, 0.5) is 0 Å². The summed E-state index contributed by atoms with van der Waals surface area (Å²) in [4.78, 5) is 11.4. The van der Waals surface area contributed by atoms with Crippen LogP contribution in [0.3, 0.4) is 0 Å². The maximum absolute atomic E-state index is 11.4. The first-order valence-corrected chi connectivity index (χ1v) is 5.45. The molecule has 0 radical (unpaired) electrons. The van der Waals surface area contributed by atoms with Gasteiger partial charge in [-0.2, -0.15) is 0 Å². The molecule has 0 aromatic heterocycles. The van der Waals surface area contributed by atoms with Crippen molar-refractivity contribution in [2.45, 2.75) is 33.8 Å². The summed E-state index contributed by atoms with van der Waals surface area (Å²) in [6, 6.07) is 5.88. The number of hydrogen-bond acceptors (Lipinski definition) is 3. The van der Waals surface area contributed by atoms with E-state index in [1.165, 1.54) is 0 Å². The highest BCUT2D eigenvalue weighted by molar-refractivity contribution is 5.74. The van der Waals surface area contributed by atoms with Crippen LogP contribution in [0.5, 0.6) is 5.75 Å². The molecule has 0 amide bonds. The van der Waals surface area contributed by atoms with E-state index >= 15 is 0 Å². The van der Waals surface area contributed by atoms with E-state index in [9.17, 15) is 4.79 Å². The minimum absolute atomic E-state index is 0.329. The molecule has 1 aromatic rings. The predicted molar refractivity (Wildman–Crippen MR) is 62.6 cm³/mol. The Bertz CT molecular complexity index is 351. The number of esters is 1. The zero-order valence-corrected chi connectivity index (χ0v) is 10.2. The maximum atomic E-state index is 11.4. The normalized spacial score (nSPS) is 12.0. The summed E-state index contributed by atoms with van der Waals surface area (Å²) in [7, 11) is 0. The summed E-state index contributed by atoms with van der Waals surface area (Å²) >= 11 is 0. The van der Waals surface area contributed by atoms with Gasteiger partial charge < -0.3 is 9.47 Å². The van der Waals surface area contributed by atoms with Gasteiger partial charge in [-0.3, -0.25) is 0 Å². The van der Waals surface area contributed by atoms with E-state index in [-0.39, 0.29) is 5.97 Å². The molecule has 3 heteroatoms. The molecule has 1 atom stereocenters. The third-order valence-electron chi connectivity index (χ3n) is 2.32. The Kier molecular flexibility index (Phi) is 4.35. The second kappa shape index (κ2) is 5.54. The Hall–Kier alpha value is -1.51. The van der Waals surface area contributed by atoms with E-state index in [1.54, 1.807) is 13.8 Å². The van der Waals surface area contributed by atoms with Crippen LogP contribution >= 0.6 is 0 Å². The van der Waals surface area contributed by atoms with Crippen LogP contribution in [-0.2, 0) is 9.53 Å². The molecule has 0 saturated heterocycles. The Labute approximate surface area is 96.4 Å². The van der Waals surface area contributed by atoms with Crippen molar-refractivity contribution in [2.24, 2.45) is 0 Å². The van der Waals surface area contributed by atoms with Crippen LogP contribution in [0.1, 0.15) is 25.0 Å². The molecule has 0 bridgehead atoms. The lowest BCUT2D eigenvalue weighted by molar-refractivity contribution is -0.150. The van der Waals surface area contributed by atoms with Gasteiger partial charge in [0.05, 0.1) is 6.61 Å². The van der Waals surface area contributed by atoms with Crippen LogP contribution in [0.15, 0.2) is 18.2 Å². The van der Waals surface area contributed by atoms with E-state index in [2.05, 4.69) is 0 Å². The van der Waals surface area contributed by atoms with E-state index in [0.717, 1.165) is 16.9 Å². The van der Waals surface area contributed by atoms with Crippen molar-refractivity contribution >= 4 is 5.97 Å². The molecule has 0 unspecified atom stereocenters. The molecule has 1 aromatic carbocycles. The fourth-order valence-corrected chi connectivity index (χ4v) is 1.47. The Balaban J connectivity index is 2.76. The first-order chi connectivity index (χ1) is 7.56. The Morgan fingerprint density at radius 2 is 1.88 bits per heavy atom. The third kappa shape index (κ3) is 2.99. The Morgan fingerprint density at radius 3 is 2.38 bits per heavy atom. The monoisotopic (exact) mass is 222 g/mol. The lowest BCUT2D eigenvalue weighted by Gasteiger charge is -2.16. The van der Waals surface area contributed by atoms with Gasteiger partial charge in [0, 0.05) is 0 Å². The van der Waals surface area contributed by atoms with Crippen molar-refractivity contribution in [1.82, 2.24) is 0 Å². The number of aryl methyl sites for hydroxylation is 2. The summed E-state index contributed by atoms with van der Waals surface area (Å²) in [5.41, 5.74) is 2.05. The fraction of sp³-hybridized carbons (Fsp3) is 0.462. The quantitative estimate of drug-likeness (QED) is 0.735. The van der Waals surface area contributed by atoms with Crippen LogP contribution in [-0.4, -0.2) is 18.7 Å². The van der Waals surface area contributed by atoms with Gasteiger partial charge in [-0.1, -0.05) is 18.2 Å².